The Labute approximate surface area is 158 Å². The summed E-state index contributed by atoms with van der Waals surface area (Å²) in [5.74, 6) is 1.26. The number of aryl methyl sites for hydroxylation is 3. The molecule has 0 bridgehead atoms. The molecule has 0 spiro atoms. The van der Waals surface area contributed by atoms with E-state index in [0.717, 1.165) is 16.7 Å². The summed E-state index contributed by atoms with van der Waals surface area (Å²) in [6.45, 7) is 7.91. The molecule has 6 heteroatoms. The molecule has 0 fully saturated rings. The van der Waals surface area contributed by atoms with Crippen LogP contribution in [0.3, 0.4) is 0 Å². The molecule has 0 saturated carbocycles. The molecule has 140 valence electrons. The number of carbonyl (C=O) groups is 1. The molecule has 27 heavy (non-hydrogen) atoms. The minimum atomic E-state index is -0.633. The molecule has 0 unspecified atom stereocenters. The summed E-state index contributed by atoms with van der Waals surface area (Å²) in [6.07, 6.45) is -0.633. The van der Waals surface area contributed by atoms with E-state index in [1.807, 2.05) is 63.2 Å². The predicted molar refractivity (Wildman–Crippen MR) is 102 cm³/mol. The summed E-state index contributed by atoms with van der Waals surface area (Å²) in [6, 6.07) is 13.6. The number of aromatic nitrogens is 2. The first-order chi connectivity index (χ1) is 12.9. The Bertz CT molecular complexity index is 932. The minimum Gasteiger partial charge on any atom is -0.481 e. The Morgan fingerprint density at radius 3 is 2.56 bits per heavy atom. The van der Waals surface area contributed by atoms with Crippen molar-refractivity contribution in [3.8, 4) is 17.1 Å². The molecule has 3 rings (SSSR count). The first-order valence-corrected chi connectivity index (χ1v) is 8.83. The van der Waals surface area contributed by atoms with Gasteiger partial charge >= 0.3 is 0 Å². The van der Waals surface area contributed by atoms with Crippen LogP contribution in [0.5, 0.6) is 5.75 Å². The smallest absolute Gasteiger partial charge is 0.261 e. The van der Waals surface area contributed by atoms with Gasteiger partial charge in [0.05, 0.1) is 6.54 Å². The summed E-state index contributed by atoms with van der Waals surface area (Å²) >= 11 is 0. The van der Waals surface area contributed by atoms with E-state index in [0.29, 0.717) is 17.5 Å². The van der Waals surface area contributed by atoms with Gasteiger partial charge in [-0.2, -0.15) is 4.98 Å². The van der Waals surface area contributed by atoms with Crippen LogP contribution in [0.25, 0.3) is 11.4 Å². The number of carbonyl (C=O) groups excluding carboxylic acids is 1. The van der Waals surface area contributed by atoms with Crippen molar-refractivity contribution in [2.45, 2.75) is 40.3 Å². The maximum Gasteiger partial charge on any atom is 0.261 e. The molecule has 1 heterocycles. The van der Waals surface area contributed by atoms with E-state index < -0.39 is 6.10 Å². The average Bonchev–Trinajstić information content (AvgIpc) is 3.12. The Kier molecular flexibility index (Phi) is 5.54. The van der Waals surface area contributed by atoms with Crippen molar-refractivity contribution in [3.05, 3.63) is 65.0 Å². The number of amides is 1. The van der Waals surface area contributed by atoms with Crippen LogP contribution in [0.4, 0.5) is 0 Å². The zero-order valence-corrected chi connectivity index (χ0v) is 15.9. The number of rotatable bonds is 6. The second-order valence-corrected chi connectivity index (χ2v) is 6.60. The lowest BCUT2D eigenvalue weighted by atomic mass is 10.1. The third-order valence-electron chi connectivity index (χ3n) is 4.35. The van der Waals surface area contributed by atoms with Gasteiger partial charge in [-0.15, -0.1) is 0 Å². The van der Waals surface area contributed by atoms with Crippen molar-refractivity contribution in [1.82, 2.24) is 15.5 Å². The molecule has 0 aliphatic rings. The highest BCUT2D eigenvalue weighted by molar-refractivity contribution is 5.80. The van der Waals surface area contributed by atoms with Crippen LogP contribution in [-0.2, 0) is 11.3 Å². The number of nitrogens with zero attached hydrogens (tertiary/aromatic N) is 2. The van der Waals surface area contributed by atoms with E-state index in [1.165, 1.54) is 5.56 Å². The topological polar surface area (TPSA) is 77.2 Å². The fourth-order valence-corrected chi connectivity index (χ4v) is 2.50. The van der Waals surface area contributed by atoms with Gasteiger partial charge in [-0.3, -0.25) is 4.79 Å². The van der Waals surface area contributed by atoms with Crippen molar-refractivity contribution in [2.24, 2.45) is 0 Å². The van der Waals surface area contributed by atoms with Crippen molar-refractivity contribution < 1.29 is 14.1 Å². The molecule has 3 aromatic rings. The van der Waals surface area contributed by atoms with Gasteiger partial charge in [-0.1, -0.05) is 41.1 Å². The molecule has 1 amide bonds. The first-order valence-electron chi connectivity index (χ1n) is 8.83. The molecule has 0 aliphatic carbocycles. The van der Waals surface area contributed by atoms with E-state index in [-0.39, 0.29) is 12.5 Å². The van der Waals surface area contributed by atoms with E-state index >= 15 is 0 Å². The third-order valence-corrected chi connectivity index (χ3v) is 4.35. The Morgan fingerprint density at radius 2 is 1.85 bits per heavy atom. The fourth-order valence-electron chi connectivity index (χ4n) is 2.50. The zero-order valence-electron chi connectivity index (χ0n) is 15.9. The first kappa shape index (κ1) is 18.6. The molecular weight excluding hydrogens is 342 g/mol. The largest absolute Gasteiger partial charge is 0.481 e. The summed E-state index contributed by atoms with van der Waals surface area (Å²) in [5.41, 5.74) is 4.33. The standard InChI is InChI=1S/C21H23N3O3/c1-13-5-8-17(9-6-13)20-23-19(27-24-20)12-22-21(25)16(4)26-18-10-7-14(2)15(3)11-18/h5-11,16H,12H2,1-4H3,(H,22,25)/t16-/m0/s1. The summed E-state index contributed by atoms with van der Waals surface area (Å²) in [7, 11) is 0. The van der Waals surface area contributed by atoms with Gasteiger partial charge in [-0.25, -0.2) is 0 Å². The molecule has 1 N–H and O–H groups in total. The van der Waals surface area contributed by atoms with Crippen molar-refractivity contribution >= 4 is 5.91 Å². The molecular formula is C21H23N3O3. The maximum atomic E-state index is 12.3. The SMILES string of the molecule is Cc1ccc(-c2noc(CNC(=O)[C@H](C)Oc3ccc(C)c(C)c3)n2)cc1. The highest BCUT2D eigenvalue weighted by atomic mass is 16.5. The van der Waals surface area contributed by atoms with Crippen LogP contribution >= 0.6 is 0 Å². The van der Waals surface area contributed by atoms with Gasteiger partial charge in [0.25, 0.3) is 5.91 Å². The van der Waals surface area contributed by atoms with Crippen molar-refractivity contribution in [3.63, 3.8) is 0 Å². The number of hydrogen-bond donors (Lipinski definition) is 1. The molecule has 1 aromatic heterocycles. The predicted octanol–water partition coefficient (Wildman–Crippen LogP) is 3.75. The Hall–Kier alpha value is -3.15. The van der Waals surface area contributed by atoms with Crippen LogP contribution < -0.4 is 10.1 Å². The molecule has 0 aliphatic heterocycles. The number of nitrogens with one attached hydrogen (secondary N) is 1. The zero-order chi connectivity index (χ0) is 19.4. The van der Waals surface area contributed by atoms with E-state index in [1.54, 1.807) is 6.92 Å². The second-order valence-electron chi connectivity index (χ2n) is 6.60. The molecule has 0 saturated heterocycles. The van der Waals surface area contributed by atoms with Gasteiger partial charge in [0.1, 0.15) is 5.75 Å². The number of benzene rings is 2. The summed E-state index contributed by atoms with van der Waals surface area (Å²) in [4.78, 5) is 16.6. The van der Waals surface area contributed by atoms with Gasteiger partial charge in [0.2, 0.25) is 11.7 Å². The van der Waals surface area contributed by atoms with Gasteiger partial charge in [0, 0.05) is 5.56 Å². The lowest BCUT2D eigenvalue weighted by Crippen LogP contribution is -2.36. The number of hydrogen-bond acceptors (Lipinski definition) is 5. The van der Waals surface area contributed by atoms with Crippen molar-refractivity contribution in [1.29, 1.82) is 0 Å². The highest BCUT2D eigenvalue weighted by Crippen LogP contribution is 2.18. The lowest BCUT2D eigenvalue weighted by molar-refractivity contribution is -0.127. The van der Waals surface area contributed by atoms with Crippen LogP contribution in [0, 0.1) is 20.8 Å². The third kappa shape index (κ3) is 4.73. The van der Waals surface area contributed by atoms with Gasteiger partial charge in [0.15, 0.2) is 6.10 Å². The van der Waals surface area contributed by atoms with E-state index in [9.17, 15) is 4.79 Å². The van der Waals surface area contributed by atoms with Crippen LogP contribution in [0.15, 0.2) is 47.0 Å². The van der Waals surface area contributed by atoms with Crippen molar-refractivity contribution in [2.75, 3.05) is 0 Å². The van der Waals surface area contributed by atoms with Crippen LogP contribution in [-0.4, -0.2) is 22.2 Å². The minimum absolute atomic E-state index is 0.151. The van der Waals surface area contributed by atoms with E-state index in [4.69, 9.17) is 9.26 Å². The molecule has 1 atom stereocenters. The Balaban J connectivity index is 1.55. The second kappa shape index (κ2) is 8.03. The number of ether oxygens (including phenoxy) is 1. The summed E-state index contributed by atoms with van der Waals surface area (Å²) in [5, 5.41) is 6.71. The normalized spacial score (nSPS) is 11.9. The quantitative estimate of drug-likeness (QED) is 0.720. The van der Waals surface area contributed by atoms with Gasteiger partial charge in [-0.05, 0) is 51.0 Å². The maximum absolute atomic E-state index is 12.3. The summed E-state index contributed by atoms with van der Waals surface area (Å²) < 4.78 is 10.9. The van der Waals surface area contributed by atoms with Gasteiger partial charge < -0.3 is 14.6 Å². The van der Waals surface area contributed by atoms with Crippen LogP contribution in [0.2, 0.25) is 0 Å². The van der Waals surface area contributed by atoms with Crippen LogP contribution in [0.1, 0.15) is 29.5 Å². The molecule has 0 radical (unpaired) electrons. The molecule has 6 nitrogen and oxygen atoms in total. The lowest BCUT2D eigenvalue weighted by Gasteiger charge is -2.15. The monoisotopic (exact) mass is 365 g/mol. The highest BCUT2D eigenvalue weighted by Gasteiger charge is 2.16. The average molecular weight is 365 g/mol. The Morgan fingerprint density at radius 1 is 1.11 bits per heavy atom. The van der Waals surface area contributed by atoms with E-state index in [2.05, 4.69) is 15.5 Å². The molecule has 2 aromatic carbocycles. The fraction of sp³-hybridized carbons (Fsp3) is 0.286.